The van der Waals surface area contributed by atoms with Crippen molar-refractivity contribution in [2.45, 2.75) is 32.8 Å². The van der Waals surface area contributed by atoms with E-state index in [1.807, 2.05) is 4.90 Å². The van der Waals surface area contributed by atoms with Crippen LogP contribution in [0.1, 0.15) is 24.0 Å². The Morgan fingerprint density at radius 2 is 1.75 bits per heavy atom. The lowest BCUT2D eigenvalue weighted by Gasteiger charge is -2.37. The lowest BCUT2D eigenvalue weighted by atomic mass is 10.1. The van der Waals surface area contributed by atoms with Crippen LogP contribution >= 0.6 is 12.2 Å². The highest BCUT2D eigenvalue weighted by Crippen LogP contribution is 2.17. The maximum absolute atomic E-state index is 12.4. The fourth-order valence-corrected chi connectivity index (χ4v) is 3.66. The standard InChI is InChI=1S/C18H25N3O2S/c1-13-10-14(2)12-15(11-13)19-18(24)21-7-5-20(6-8-21)17(22)16-4-3-9-23-16/h10-12,16H,3-9H2,1-2H3,(H,19,24)/t16-/m0/s1. The van der Waals surface area contributed by atoms with Crippen LogP contribution in [-0.2, 0) is 9.53 Å². The summed E-state index contributed by atoms with van der Waals surface area (Å²) in [6, 6.07) is 6.33. The minimum Gasteiger partial charge on any atom is -0.368 e. The highest BCUT2D eigenvalue weighted by Gasteiger charge is 2.30. The molecule has 1 aromatic rings. The predicted molar refractivity (Wildman–Crippen MR) is 99.3 cm³/mol. The number of amides is 1. The van der Waals surface area contributed by atoms with Gasteiger partial charge < -0.3 is 19.9 Å². The average molecular weight is 347 g/mol. The first-order valence-corrected chi connectivity index (χ1v) is 8.98. The van der Waals surface area contributed by atoms with E-state index in [1.165, 1.54) is 11.1 Å². The minimum absolute atomic E-state index is 0.139. The van der Waals surface area contributed by atoms with Crippen LogP contribution in [0.2, 0.25) is 0 Å². The maximum Gasteiger partial charge on any atom is 0.251 e. The highest BCUT2D eigenvalue weighted by molar-refractivity contribution is 7.80. The third-order valence-electron chi connectivity index (χ3n) is 4.56. The van der Waals surface area contributed by atoms with Gasteiger partial charge in [-0.2, -0.15) is 0 Å². The molecule has 2 aliphatic heterocycles. The number of ether oxygens (including phenoxy) is 1. The fraction of sp³-hybridized carbons (Fsp3) is 0.556. The van der Waals surface area contributed by atoms with Crippen molar-refractivity contribution < 1.29 is 9.53 Å². The second kappa shape index (κ2) is 7.49. The van der Waals surface area contributed by atoms with Crippen LogP contribution in [-0.4, -0.2) is 59.7 Å². The zero-order chi connectivity index (χ0) is 17.1. The van der Waals surface area contributed by atoms with Gasteiger partial charge in [-0.25, -0.2) is 0 Å². The summed E-state index contributed by atoms with van der Waals surface area (Å²) in [7, 11) is 0. The summed E-state index contributed by atoms with van der Waals surface area (Å²) in [4.78, 5) is 16.4. The Balaban J connectivity index is 1.52. The minimum atomic E-state index is -0.225. The van der Waals surface area contributed by atoms with Crippen LogP contribution in [0.25, 0.3) is 0 Å². The number of carbonyl (C=O) groups is 1. The molecular formula is C18H25N3O2S. The van der Waals surface area contributed by atoms with Crippen LogP contribution in [0, 0.1) is 13.8 Å². The van der Waals surface area contributed by atoms with Crippen molar-refractivity contribution in [2.24, 2.45) is 0 Å². The first-order valence-electron chi connectivity index (χ1n) is 8.57. The monoisotopic (exact) mass is 347 g/mol. The number of hydrogen-bond acceptors (Lipinski definition) is 3. The van der Waals surface area contributed by atoms with Crippen LogP contribution in [0.15, 0.2) is 18.2 Å². The number of nitrogens with one attached hydrogen (secondary N) is 1. The highest BCUT2D eigenvalue weighted by atomic mass is 32.1. The fourth-order valence-electron chi connectivity index (χ4n) is 3.36. The Labute approximate surface area is 149 Å². The van der Waals surface area contributed by atoms with Crippen molar-refractivity contribution in [3.05, 3.63) is 29.3 Å². The lowest BCUT2D eigenvalue weighted by molar-refractivity contribution is -0.142. The molecule has 0 unspecified atom stereocenters. The van der Waals surface area contributed by atoms with E-state index in [1.54, 1.807) is 0 Å². The molecule has 0 spiro atoms. The number of benzene rings is 1. The molecule has 0 saturated carbocycles. The predicted octanol–water partition coefficient (Wildman–Crippen LogP) is 2.32. The molecule has 1 atom stereocenters. The summed E-state index contributed by atoms with van der Waals surface area (Å²) in [5.41, 5.74) is 3.45. The van der Waals surface area contributed by atoms with E-state index in [-0.39, 0.29) is 12.0 Å². The second-order valence-corrected chi connectivity index (χ2v) is 7.01. The number of aryl methyl sites for hydroxylation is 2. The first kappa shape index (κ1) is 17.2. The van der Waals surface area contributed by atoms with Crippen molar-refractivity contribution in [1.29, 1.82) is 0 Å². The number of thiocarbonyl (C=S) groups is 1. The summed E-state index contributed by atoms with van der Waals surface area (Å²) in [5.74, 6) is 0.139. The molecule has 6 heteroatoms. The molecule has 1 N–H and O–H groups in total. The number of carbonyl (C=O) groups excluding carboxylic acids is 1. The summed E-state index contributed by atoms with van der Waals surface area (Å²) < 4.78 is 5.50. The van der Waals surface area contributed by atoms with Crippen molar-refractivity contribution in [3.63, 3.8) is 0 Å². The Kier molecular flexibility index (Phi) is 5.36. The van der Waals surface area contributed by atoms with Crippen molar-refractivity contribution in [1.82, 2.24) is 9.80 Å². The molecule has 2 fully saturated rings. The molecule has 2 aliphatic rings. The number of piperazine rings is 1. The molecule has 5 nitrogen and oxygen atoms in total. The Bertz CT molecular complexity index is 600. The van der Waals surface area contributed by atoms with Gasteiger partial charge in [0.1, 0.15) is 6.10 Å². The second-order valence-electron chi connectivity index (χ2n) is 6.62. The van der Waals surface area contributed by atoms with E-state index in [4.69, 9.17) is 17.0 Å². The van der Waals surface area contributed by atoms with E-state index in [2.05, 4.69) is 42.3 Å². The Morgan fingerprint density at radius 3 is 2.33 bits per heavy atom. The summed E-state index contributed by atoms with van der Waals surface area (Å²) in [6.45, 7) is 7.79. The van der Waals surface area contributed by atoms with Gasteiger partial charge in [0.2, 0.25) is 0 Å². The molecule has 3 rings (SSSR count). The smallest absolute Gasteiger partial charge is 0.251 e. The van der Waals surface area contributed by atoms with Crippen LogP contribution in [0.3, 0.4) is 0 Å². The van der Waals surface area contributed by atoms with Gasteiger partial charge in [-0.3, -0.25) is 4.79 Å². The summed E-state index contributed by atoms with van der Waals surface area (Å²) in [5, 5.41) is 4.05. The Morgan fingerprint density at radius 1 is 1.12 bits per heavy atom. The first-order chi connectivity index (χ1) is 11.5. The molecule has 0 aliphatic carbocycles. The van der Waals surface area contributed by atoms with Gasteiger partial charge in [0.05, 0.1) is 0 Å². The van der Waals surface area contributed by atoms with E-state index < -0.39 is 0 Å². The zero-order valence-corrected chi connectivity index (χ0v) is 15.2. The lowest BCUT2D eigenvalue weighted by Crippen LogP contribution is -2.53. The van der Waals surface area contributed by atoms with Gasteiger partial charge in [0.15, 0.2) is 5.11 Å². The van der Waals surface area contributed by atoms with Crippen LogP contribution < -0.4 is 5.32 Å². The topological polar surface area (TPSA) is 44.8 Å². The van der Waals surface area contributed by atoms with E-state index in [0.717, 1.165) is 36.7 Å². The molecule has 24 heavy (non-hydrogen) atoms. The molecular weight excluding hydrogens is 322 g/mol. The van der Waals surface area contributed by atoms with Crippen LogP contribution in [0.5, 0.6) is 0 Å². The van der Waals surface area contributed by atoms with E-state index in [9.17, 15) is 4.79 Å². The Hall–Kier alpha value is -1.66. The summed E-state index contributed by atoms with van der Waals surface area (Å²) >= 11 is 5.54. The quantitative estimate of drug-likeness (QED) is 0.832. The molecule has 2 heterocycles. The van der Waals surface area contributed by atoms with Gasteiger partial charge in [-0.1, -0.05) is 6.07 Å². The third-order valence-corrected chi connectivity index (χ3v) is 4.92. The van der Waals surface area contributed by atoms with Crippen LogP contribution in [0.4, 0.5) is 5.69 Å². The normalized spacial score (nSPS) is 21.0. The van der Waals surface area contributed by atoms with E-state index in [0.29, 0.717) is 19.7 Å². The van der Waals surface area contributed by atoms with Gasteiger partial charge in [0.25, 0.3) is 5.91 Å². The number of rotatable bonds is 2. The molecule has 0 radical (unpaired) electrons. The molecule has 2 saturated heterocycles. The number of anilines is 1. The van der Waals surface area contributed by atoms with Crippen molar-refractivity contribution in [2.75, 3.05) is 38.1 Å². The van der Waals surface area contributed by atoms with Gasteiger partial charge in [-0.05, 0) is 62.2 Å². The molecule has 1 amide bonds. The zero-order valence-electron chi connectivity index (χ0n) is 14.4. The molecule has 130 valence electrons. The van der Waals surface area contributed by atoms with Gasteiger partial charge in [-0.15, -0.1) is 0 Å². The molecule has 0 bridgehead atoms. The van der Waals surface area contributed by atoms with Gasteiger partial charge >= 0.3 is 0 Å². The largest absolute Gasteiger partial charge is 0.368 e. The third kappa shape index (κ3) is 4.05. The average Bonchev–Trinajstić information content (AvgIpc) is 3.07. The van der Waals surface area contributed by atoms with Crippen molar-refractivity contribution >= 4 is 28.9 Å². The van der Waals surface area contributed by atoms with Crippen molar-refractivity contribution in [3.8, 4) is 0 Å². The van der Waals surface area contributed by atoms with Gasteiger partial charge in [0, 0.05) is 38.5 Å². The van der Waals surface area contributed by atoms with E-state index >= 15 is 0 Å². The molecule has 1 aromatic carbocycles. The number of nitrogens with zero attached hydrogens (tertiary/aromatic N) is 2. The number of hydrogen-bond donors (Lipinski definition) is 1. The maximum atomic E-state index is 12.4. The summed E-state index contributed by atoms with van der Waals surface area (Å²) in [6.07, 6.45) is 1.61. The SMILES string of the molecule is Cc1cc(C)cc(NC(=S)N2CCN(C(=O)[C@@H]3CCCO3)CC2)c1. The molecule has 0 aromatic heterocycles.